The summed E-state index contributed by atoms with van der Waals surface area (Å²) in [5, 5.41) is 13.4. The summed E-state index contributed by atoms with van der Waals surface area (Å²) in [4.78, 5) is 9.86. The number of halogens is 1. The second-order valence-electron chi connectivity index (χ2n) is 4.35. The van der Waals surface area contributed by atoms with Crippen molar-refractivity contribution in [2.75, 3.05) is 11.9 Å². The van der Waals surface area contributed by atoms with Crippen molar-refractivity contribution < 1.29 is 9.31 Å². The summed E-state index contributed by atoms with van der Waals surface area (Å²) in [5.41, 5.74) is 1.50. The Morgan fingerprint density at radius 3 is 2.89 bits per heavy atom. The van der Waals surface area contributed by atoms with E-state index in [2.05, 4.69) is 11.4 Å². The van der Waals surface area contributed by atoms with Crippen LogP contribution in [-0.4, -0.2) is 11.5 Å². The lowest BCUT2D eigenvalue weighted by molar-refractivity contribution is -0.385. The Balaban J connectivity index is 1.91. The van der Waals surface area contributed by atoms with Gasteiger partial charge in [-0.25, -0.2) is 4.39 Å². The molecule has 1 N–H and O–H groups in total. The van der Waals surface area contributed by atoms with Gasteiger partial charge in [0.1, 0.15) is 0 Å². The molecule has 0 atom stereocenters. The van der Waals surface area contributed by atoms with Crippen molar-refractivity contribution in [3.05, 3.63) is 45.8 Å². The minimum absolute atomic E-state index is 0.225. The minimum Gasteiger partial charge on any atom is -0.382 e. The maximum atomic E-state index is 13.5. The van der Waals surface area contributed by atoms with Crippen molar-refractivity contribution in [2.24, 2.45) is 0 Å². The molecule has 0 fully saturated rings. The smallest absolute Gasteiger partial charge is 0.272 e. The van der Waals surface area contributed by atoms with Crippen molar-refractivity contribution in [1.29, 1.82) is 0 Å². The average molecular weight is 250 g/mol. The Morgan fingerprint density at radius 1 is 1.44 bits per heavy atom. The molecule has 0 bridgehead atoms. The van der Waals surface area contributed by atoms with Gasteiger partial charge in [0.25, 0.3) is 5.69 Å². The van der Waals surface area contributed by atoms with E-state index in [0.29, 0.717) is 12.2 Å². The van der Waals surface area contributed by atoms with Crippen molar-refractivity contribution in [3.8, 4) is 0 Å². The summed E-state index contributed by atoms with van der Waals surface area (Å²) in [6, 6.07) is 3.66. The van der Waals surface area contributed by atoms with E-state index in [1.165, 1.54) is 24.1 Å². The summed E-state index contributed by atoms with van der Waals surface area (Å²) in [5.74, 6) is -0.579. The molecule has 96 valence electrons. The number of hydrogen-bond donors (Lipinski definition) is 1. The monoisotopic (exact) mass is 250 g/mol. The van der Waals surface area contributed by atoms with Crippen molar-refractivity contribution >= 4 is 11.4 Å². The molecule has 1 aliphatic carbocycles. The van der Waals surface area contributed by atoms with Gasteiger partial charge in [-0.15, -0.1) is 0 Å². The second kappa shape index (κ2) is 5.62. The standard InChI is InChI=1S/C13H15FN2O2/c14-12-9-11(16(17)18)5-6-13(12)15-8-7-10-3-1-2-4-10/h3,5-6,9,15H,1-2,4,7-8H2. The topological polar surface area (TPSA) is 55.2 Å². The van der Waals surface area contributed by atoms with Crippen molar-refractivity contribution in [1.82, 2.24) is 0 Å². The SMILES string of the molecule is O=[N+]([O-])c1ccc(NCCC2=CCCC2)c(F)c1. The summed E-state index contributed by atoms with van der Waals surface area (Å²) >= 11 is 0. The molecule has 2 rings (SSSR count). The number of hydrogen-bond acceptors (Lipinski definition) is 3. The molecule has 18 heavy (non-hydrogen) atoms. The van der Waals surface area contributed by atoms with Gasteiger partial charge in [0, 0.05) is 12.6 Å². The van der Waals surface area contributed by atoms with Crippen LogP contribution in [0, 0.1) is 15.9 Å². The molecule has 0 spiro atoms. The highest BCUT2D eigenvalue weighted by Gasteiger charge is 2.10. The number of nitro benzene ring substituents is 1. The molecule has 0 heterocycles. The van der Waals surface area contributed by atoms with E-state index in [0.717, 1.165) is 25.3 Å². The second-order valence-corrected chi connectivity index (χ2v) is 4.35. The zero-order chi connectivity index (χ0) is 13.0. The molecule has 0 amide bonds. The van der Waals surface area contributed by atoms with E-state index < -0.39 is 10.7 Å². The van der Waals surface area contributed by atoms with Gasteiger partial charge in [-0.3, -0.25) is 10.1 Å². The Morgan fingerprint density at radius 2 is 2.28 bits per heavy atom. The summed E-state index contributed by atoms with van der Waals surface area (Å²) in [6.07, 6.45) is 6.61. The lowest BCUT2D eigenvalue weighted by atomic mass is 10.1. The highest BCUT2D eigenvalue weighted by atomic mass is 19.1. The molecule has 1 aromatic carbocycles. The van der Waals surface area contributed by atoms with Crippen molar-refractivity contribution in [2.45, 2.75) is 25.7 Å². The molecule has 5 heteroatoms. The number of nitrogens with one attached hydrogen (secondary N) is 1. The Hall–Kier alpha value is -1.91. The van der Waals surface area contributed by atoms with E-state index in [-0.39, 0.29) is 5.69 Å². The van der Waals surface area contributed by atoms with Crippen LogP contribution in [0.2, 0.25) is 0 Å². The van der Waals surface area contributed by atoms with Crippen LogP contribution in [0.15, 0.2) is 29.8 Å². The zero-order valence-electron chi connectivity index (χ0n) is 9.99. The fourth-order valence-corrected chi connectivity index (χ4v) is 2.08. The summed E-state index contributed by atoms with van der Waals surface area (Å²) in [7, 11) is 0. The molecular formula is C13H15FN2O2. The fourth-order valence-electron chi connectivity index (χ4n) is 2.08. The average Bonchev–Trinajstić information content (AvgIpc) is 2.84. The number of allylic oxidation sites excluding steroid dienone is 1. The van der Waals surface area contributed by atoms with E-state index in [1.54, 1.807) is 0 Å². The van der Waals surface area contributed by atoms with Gasteiger partial charge < -0.3 is 5.32 Å². The number of anilines is 1. The van der Waals surface area contributed by atoms with Crippen LogP contribution in [0.25, 0.3) is 0 Å². The van der Waals surface area contributed by atoms with Crippen LogP contribution in [0.3, 0.4) is 0 Å². The summed E-state index contributed by atoms with van der Waals surface area (Å²) < 4.78 is 13.5. The van der Waals surface area contributed by atoms with Crippen LogP contribution in [0.4, 0.5) is 15.8 Å². The maximum absolute atomic E-state index is 13.5. The van der Waals surface area contributed by atoms with Gasteiger partial charge in [-0.2, -0.15) is 0 Å². The number of rotatable bonds is 5. The lowest BCUT2D eigenvalue weighted by Crippen LogP contribution is -2.04. The largest absolute Gasteiger partial charge is 0.382 e. The van der Waals surface area contributed by atoms with Crippen LogP contribution in [0.1, 0.15) is 25.7 Å². The number of non-ortho nitro benzene ring substituents is 1. The summed E-state index contributed by atoms with van der Waals surface area (Å²) in [6.45, 7) is 0.653. The van der Waals surface area contributed by atoms with Gasteiger partial charge >= 0.3 is 0 Å². The molecule has 4 nitrogen and oxygen atoms in total. The third-order valence-corrected chi connectivity index (χ3v) is 3.06. The molecule has 0 unspecified atom stereocenters. The highest BCUT2D eigenvalue weighted by molar-refractivity contribution is 5.50. The first-order chi connectivity index (χ1) is 8.66. The first-order valence-corrected chi connectivity index (χ1v) is 6.02. The third-order valence-electron chi connectivity index (χ3n) is 3.06. The molecule has 0 aromatic heterocycles. The first-order valence-electron chi connectivity index (χ1n) is 6.02. The van der Waals surface area contributed by atoms with E-state index in [9.17, 15) is 14.5 Å². The molecule has 0 aliphatic heterocycles. The fraction of sp³-hybridized carbons (Fsp3) is 0.385. The Labute approximate surface area is 105 Å². The van der Waals surface area contributed by atoms with Gasteiger partial charge in [-0.05, 0) is 31.7 Å². The highest BCUT2D eigenvalue weighted by Crippen LogP contribution is 2.22. The van der Waals surface area contributed by atoms with Crippen LogP contribution < -0.4 is 5.32 Å². The molecule has 0 radical (unpaired) electrons. The van der Waals surface area contributed by atoms with Crippen LogP contribution in [0.5, 0.6) is 0 Å². The van der Waals surface area contributed by atoms with Crippen molar-refractivity contribution in [3.63, 3.8) is 0 Å². The molecule has 0 saturated heterocycles. The van der Waals surface area contributed by atoms with E-state index in [1.807, 2.05) is 0 Å². The molecular weight excluding hydrogens is 235 g/mol. The predicted molar refractivity (Wildman–Crippen MR) is 68.1 cm³/mol. The maximum Gasteiger partial charge on any atom is 0.272 e. The quantitative estimate of drug-likeness (QED) is 0.493. The van der Waals surface area contributed by atoms with E-state index in [4.69, 9.17) is 0 Å². The van der Waals surface area contributed by atoms with Gasteiger partial charge in [0.2, 0.25) is 0 Å². The Bertz CT molecular complexity index is 486. The predicted octanol–water partition coefficient (Wildman–Crippen LogP) is 3.65. The number of nitrogens with zero attached hydrogens (tertiary/aromatic N) is 1. The third kappa shape index (κ3) is 3.06. The van der Waals surface area contributed by atoms with Crippen LogP contribution in [-0.2, 0) is 0 Å². The normalized spacial score (nSPS) is 14.4. The first kappa shape index (κ1) is 12.5. The number of benzene rings is 1. The zero-order valence-corrected chi connectivity index (χ0v) is 9.99. The van der Waals surface area contributed by atoms with E-state index >= 15 is 0 Å². The minimum atomic E-state index is -0.601. The van der Waals surface area contributed by atoms with Gasteiger partial charge in [0.05, 0.1) is 16.7 Å². The molecule has 0 saturated carbocycles. The lowest BCUT2D eigenvalue weighted by Gasteiger charge is -2.07. The van der Waals surface area contributed by atoms with Crippen LogP contribution >= 0.6 is 0 Å². The van der Waals surface area contributed by atoms with Gasteiger partial charge in [0.15, 0.2) is 5.82 Å². The number of nitro groups is 1. The molecule has 1 aliphatic rings. The molecule has 1 aromatic rings. The van der Waals surface area contributed by atoms with Gasteiger partial charge in [-0.1, -0.05) is 11.6 Å². The Kier molecular flexibility index (Phi) is 3.92.